The molecule has 0 aromatic rings. The molecule has 112 valence electrons. The molecule has 1 aliphatic carbocycles. The first-order valence-electron chi connectivity index (χ1n) is 6.93. The van der Waals surface area contributed by atoms with Crippen LogP contribution in [0, 0.1) is 0 Å². The Labute approximate surface area is 116 Å². The van der Waals surface area contributed by atoms with Crippen molar-refractivity contribution in [1.82, 2.24) is 5.32 Å². The maximum Gasteiger partial charge on any atom is 0.407 e. The van der Waals surface area contributed by atoms with Crippen molar-refractivity contribution >= 4 is 12.6 Å². The molecule has 1 aliphatic rings. The molecule has 0 spiro atoms. The van der Waals surface area contributed by atoms with E-state index in [-0.39, 0.29) is 6.09 Å². The van der Waals surface area contributed by atoms with Crippen molar-refractivity contribution in [2.75, 3.05) is 6.61 Å². The highest BCUT2D eigenvalue weighted by atomic mass is 16.6. The van der Waals surface area contributed by atoms with Crippen LogP contribution in [0.1, 0.15) is 59.8 Å². The maximum absolute atomic E-state index is 11.4. The standard InChI is InChI=1S/C11H21NO2.C3H6O2/c1-11(2,3)14-10(13)12-9-7-5-4-6-8-9;1-2-5-3-4/h9H,4-8H2,1-3H3,(H,12,13);3H,2H2,1H3. The second-order valence-corrected chi connectivity index (χ2v) is 5.53. The first-order chi connectivity index (χ1) is 8.89. The summed E-state index contributed by atoms with van der Waals surface area (Å²) in [5, 5.41) is 2.91. The minimum absolute atomic E-state index is 0.274. The predicted octanol–water partition coefficient (Wildman–Crippen LogP) is 3.02. The Hall–Kier alpha value is -1.26. The summed E-state index contributed by atoms with van der Waals surface area (Å²) in [7, 11) is 0. The van der Waals surface area contributed by atoms with Gasteiger partial charge in [0.15, 0.2) is 0 Å². The molecule has 1 rings (SSSR count). The summed E-state index contributed by atoms with van der Waals surface area (Å²) in [6, 6.07) is 0.332. The van der Waals surface area contributed by atoms with Crippen molar-refractivity contribution in [1.29, 1.82) is 0 Å². The number of rotatable bonds is 3. The van der Waals surface area contributed by atoms with E-state index in [1.165, 1.54) is 19.3 Å². The lowest BCUT2D eigenvalue weighted by Crippen LogP contribution is -2.39. The summed E-state index contributed by atoms with van der Waals surface area (Å²) in [5.74, 6) is 0. The molecule has 19 heavy (non-hydrogen) atoms. The number of nitrogens with one attached hydrogen (secondary N) is 1. The highest BCUT2D eigenvalue weighted by molar-refractivity contribution is 5.68. The van der Waals surface area contributed by atoms with Gasteiger partial charge in [0.1, 0.15) is 5.60 Å². The van der Waals surface area contributed by atoms with Crippen LogP contribution in [0.15, 0.2) is 0 Å². The Morgan fingerprint density at radius 3 is 2.21 bits per heavy atom. The van der Waals surface area contributed by atoms with Crippen LogP contribution in [0.5, 0.6) is 0 Å². The first kappa shape index (κ1) is 17.7. The van der Waals surface area contributed by atoms with Gasteiger partial charge in [0.2, 0.25) is 0 Å². The molecule has 1 saturated carbocycles. The second kappa shape index (κ2) is 9.64. The third-order valence-electron chi connectivity index (χ3n) is 2.56. The van der Waals surface area contributed by atoms with Crippen LogP contribution in [-0.4, -0.2) is 30.8 Å². The molecule has 0 atom stereocenters. The third-order valence-corrected chi connectivity index (χ3v) is 2.56. The van der Waals surface area contributed by atoms with E-state index >= 15 is 0 Å². The first-order valence-corrected chi connectivity index (χ1v) is 6.93. The minimum atomic E-state index is -0.390. The van der Waals surface area contributed by atoms with Crippen molar-refractivity contribution in [2.24, 2.45) is 0 Å². The summed E-state index contributed by atoms with van der Waals surface area (Å²) in [5.41, 5.74) is -0.390. The molecule has 0 unspecified atom stereocenters. The van der Waals surface area contributed by atoms with Gasteiger partial charge in [-0.1, -0.05) is 19.3 Å². The lowest BCUT2D eigenvalue weighted by atomic mass is 9.96. The summed E-state index contributed by atoms with van der Waals surface area (Å²) in [4.78, 5) is 20.6. The SMILES string of the molecule is CC(C)(C)OC(=O)NC1CCCCC1.CCOC=O. The van der Waals surface area contributed by atoms with Crippen LogP contribution in [0.25, 0.3) is 0 Å². The summed E-state index contributed by atoms with van der Waals surface area (Å²) >= 11 is 0. The molecule has 0 aromatic heterocycles. The maximum atomic E-state index is 11.4. The van der Waals surface area contributed by atoms with Gasteiger partial charge in [-0.05, 0) is 40.5 Å². The number of hydrogen-bond donors (Lipinski definition) is 1. The zero-order valence-corrected chi connectivity index (χ0v) is 12.5. The van der Waals surface area contributed by atoms with Crippen LogP contribution >= 0.6 is 0 Å². The fourth-order valence-corrected chi connectivity index (χ4v) is 1.79. The topological polar surface area (TPSA) is 64.6 Å². The Morgan fingerprint density at radius 2 is 1.84 bits per heavy atom. The van der Waals surface area contributed by atoms with E-state index in [0.717, 1.165) is 12.8 Å². The molecule has 0 aliphatic heterocycles. The number of carbonyl (C=O) groups is 2. The number of amides is 1. The summed E-state index contributed by atoms with van der Waals surface area (Å²) < 4.78 is 9.34. The van der Waals surface area contributed by atoms with E-state index in [9.17, 15) is 9.59 Å². The molecule has 0 aromatic carbocycles. The molecule has 5 heteroatoms. The lowest BCUT2D eigenvalue weighted by molar-refractivity contribution is -0.128. The number of carbonyl (C=O) groups excluding carboxylic acids is 2. The van der Waals surface area contributed by atoms with E-state index in [4.69, 9.17) is 4.74 Å². The van der Waals surface area contributed by atoms with Crippen LogP contribution in [-0.2, 0) is 14.3 Å². The van der Waals surface area contributed by atoms with Gasteiger partial charge in [-0.15, -0.1) is 0 Å². The van der Waals surface area contributed by atoms with Gasteiger partial charge in [0.25, 0.3) is 6.47 Å². The molecule has 0 bridgehead atoms. The van der Waals surface area contributed by atoms with Gasteiger partial charge in [-0.25, -0.2) is 4.79 Å². The van der Waals surface area contributed by atoms with Crippen molar-refractivity contribution in [3.05, 3.63) is 0 Å². The summed E-state index contributed by atoms with van der Waals surface area (Å²) in [6.07, 6.45) is 5.66. The molecular weight excluding hydrogens is 246 g/mol. The van der Waals surface area contributed by atoms with Gasteiger partial charge in [0, 0.05) is 6.04 Å². The lowest BCUT2D eigenvalue weighted by Gasteiger charge is -2.25. The summed E-state index contributed by atoms with van der Waals surface area (Å²) in [6.45, 7) is 8.31. The molecule has 1 fully saturated rings. The fourth-order valence-electron chi connectivity index (χ4n) is 1.79. The molecule has 0 saturated heterocycles. The van der Waals surface area contributed by atoms with E-state index in [2.05, 4.69) is 10.1 Å². The van der Waals surface area contributed by atoms with Crippen LogP contribution in [0.3, 0.4) is 0 Å². The Balaban J connectivity index is 0.000000555. The molecule has 0 radical (unpaired) electrons. The highest BCUT2D eigenvalue weighted by Gasteiger charge is 2.20. The predicted molar refractivity (Wildman–Crippen MR) is 73.9 cm³/mol. The van der Waals surface area contributed by atoms with Crippen molar-refractivity contribution in [2.45, 2.75) is 71.4 Å². The van der Waals surface area contributed by atoms with E-state index < -0.39 is 5.60 Å². The number of ether oxygens (including phenoxy) is 2. The fraction of sp³-hybridized carbons (Fsp3) is 0.857. The Kier molecular flexibility index (Phi) is 9.00. The van der Waals surface area contributed by atoms with Crippen molar-refractivity contribution in [3.63, 3.8) is 0 Å². The second-order valence-electron chi connectivity index (χ2n) is 5.53. The Morgan fingerprint density at radius 1 is 1.26 bits per heavy atom. The van der Waals surface area contributed by atoms with E-state index in [1.54, 1.807) is 6.92 Å². The van der Waals surface area contributed by atoms with E-state index in [0.29, 0.717) is 19.1 Å². The third kappa shape index (κ3) is 11.6. The molecule has 1 amide bonds. The molecule has 5 nitrogen and oxygen atoms in total. The van der Waals surface area contributed by atoms with Crippen LogP contribution in [0.2, 0.25) is 0 Å². The zero-order chi connectivity index (χ0) is 14.7. The van der Waals surface area contributed by atoms with E-state index in [1.807, 2.05) is 20.8 Å². The average Bonchev–Trinajstić information content (AvgIpc) is 2.29. The molecule has 1 N–H and O–H groups in total. The molecule has 0 heterocycles. The normalized spacial score (nSPS) is 15.8. The highest BCUT2D eigenvalue weighted by Crippen LogP contribution is 2.18. The smallest absolute Gasteiger partial charge is 0.407 e. The average molecular weight is 273 g/mol. The Bertz CT molecular complexity index is 255. The van der Waals surface area contributed by atoms with Gasteiger partial charge in [-0.3, -0.25) is 4.79 Å². The zero-order valence-electron chi connectivity index (χ0n) is 12.5. The molecular formula is C14H27NO4. The van der Waals surface area contributed by atoms with Gasteiger partial charge in [-0.2, -0.15) is 0 Å². The van der Waals surface area contributed by atoms with Gasteiger partial charge >= 0.3 is 6.09 Å². The monoisotopic (exact) mass is 273 g/mol. The largest absolute Gasteiger partial charge is 0.468 e. The minimum Gasteiger partial charge on any atom is -0.468 e. The quantitative estimate of drug-likeness (QED) is 0.803. The van der Waals surface area contributed by atoms with Gasteiger partial charge in [0.05, 0.1) is 6.61 Å². The van der Waals surface area contributed by atoms with Crippen molar-refractivity contribution in [3.8, 4) is 0 Å². The number of alkyl carbamates (subject to hydrolysis) is 1. The number of hydrogen-bond acceptors (Lipinski definition) is 4. The van der Waals surface area contributed by atoms with Gasteiger partial charge < -0.3 is 14.8 Å². The van der Waals surface area contributed by atoms with Crippen molar-refractivity contribution < 1.29 is 19.1 Å². The van der Waals surface area contributed by atoms with Crippen LogP contribution < -0.4 is 5.32 Å². The van der Waals surface area contributed by atoms with Crippen LogP contribution in [0.4, 0.5) is 4.79 Å².